The highest BCUT2D eigenvalue weighted by molar-refractivity contribution is 9.10. The fourth-order valence-corrected chi connectivity index (χ4v) is 3.56. The van der Waals surface area contributed by atoms with Crippen LogP contribution in [0.4, 0.5) is 5.69 Å². The van der Waals surface area contributed by atoms with Crippen LogP contribution in [0.2, 0.25) is 0 Å². The van der Waals surface area contributed by atoms with Crippen LogP contribution in [0.25, 0.3) is 0 Å². The van der Waals surface area contributed by atoms with E-state index in [1.54, 1.807) is 34.1 Å². The van der Waals surface area contributed by atoms with Crippen molar-refractivity contribution in [3.05, 3.63) is 28.7 Å². The lowest BCUT2D eigenvalue weighted by Gasteiger charge is -2.34. The van der Waals surface area contributed by atoms with Gasteiger partial charge in [-0.05, 0) is 18.2 Å². The molecule has 1 aromatic carbocycles. The standard InChI is InChI=1S/C14H18BrN3O4S/c1-23(21,22)18(13-4-2-3-12(15)9-13)10-14(20)17-7-5-16(11-19)6-8-17/h2-4,9,11H,5-8,10H2,1H3. The van der Waals surface area contributed by atoms with E-state index in [2.05, 4.69) is 15.9 Å². The molecule has 0 N–H and O–H groups in total. The van der Waals surface area contributed by atoms with Crippen LogP contribution in [0.5, 0.6) is 0 Å². The van der Waals surface area contributed by atoms with E-state index in [-0.39, 0.29) is 12.5 Å². The normalized spacial score (nSPS) is 15.4. The number of anilines is 1. The van der Waals surface area contributed by atoms with Crippen LogP contribution >= 0.6 is 15.9 Å². The molecular weight excluding hydrogens is 386 g/mol. The van der Waals surface area contributed by atoms with Gasteiger partial charge in [0.15, 0.2) is 0 Å². The predicted molar refractivity (Wildman–Crippen MR) is 90.5 cm³/mol. The second-order valence-corrected chi connectivity index (χ2v) is 8.09. The van der Waals surface area contributed by atoms with Crippen LogP contribution in [0.3, 0.4) is 0 Å². The van der Waals surface area contributed by atoms with Gasteiger partial charge in [0.2, 0.25) is 22.3 Å². The molecule has 1 heterocycles. The summed E-state index contributed by atoms with van der Waals surface area (Å²) in [6.45, 7) is 1.49. The lowest BCUT2D eigenvalue weighted by atomic mass is 10.3. The third kappa shape index (κ3) is 4.68. The Bertz CT molecular complexity index is 687. The Balaban J connectivity index is 2.13. The van der Waals surface area contributed by atoms with Gasteiger partial charge >= 0.3 is 0 Å². The van der Waals surface area contributed by atoms with Gasteiger partial charge in [0.25, 0.3) is 0 Å². The van der Waals surface area contributed by atoms with Crippen LogP contribution in [0, 0.1) is 0 Å². The third-order valence-corrected chi connectivity index (χ3v) is 5.23. The number of sulfonamides is 1. The van der Waals surface area contributed by atoms with E-state index in [0.717, 1.165) is 21.4 Å². The molecule has 23 heavy (non-hydrogen) atoms. The van der Waals surface area contributed by atoms with E-state index in [9.17, 15) is 18.0 Å². The molecule has 0 unspecified atom stereocenters. The maximum Gasteiger partial charge on any atom is 0.243 e. The summed E-state index contributed by atoms with van der Waals surface area (Å²) in [6, 6.07) is 6.79. The third-order valence-electron chi connectivity index (χ3n) is 3.59. The molecule has 7 nitrogen and oxygen atoms in total. The van der Waals surface area contributed by atoms with E-state index < -0.39 is 10.0 Å². The van der Waals surface area contributed by atoms with E-state index in [1.165, 1.54) is 0 Å². The van der Waals surface area contributed by atoms with Crippen molar-refractivity contribution in [2.24, 2.45) is 0 Å². The van der Waals surface area contributed by atoms with Crippen molar-refractivity contribution < 1.29 is 18.0 Å². The van der Waals surface area contributed by atoms with Crippen LogP contribution in [0.15, 0.2) is 28.7 Å². The van der Waals surface area contributed by atoms with Gasteiger partial charge in [-0.1, -0.05) is 22.0 Å². The molecule has 1 aliphatic rings. The quantitative estimate of drug-likeness (QED) is 0.671. The molecule has 0 aromatic heterocycles. The van der Waals surface area contributed by atoms with Gasteiger partial charge in [-0.2, -0.15) is 0 Å². The average molecular weight is 404 g/mol. The summed E-state index contributed by atoms with van der Waals surface area (Å²) < 4.78 is 25.9. The Labute approximate surface area is 144 Å². The first-order valence-electron chi connectivity index (χ1n) is 7.01. The minimum Gasteiger partial charge on any atom is -0.342 e. The van der Waals surface area contributed by atoms with Gasteiger partial charge in [0, 0.05) is 30.7 Å². The Morgan fingerprint density at radius 1 is 1.30 bits per heavy atom. The lowest BCUT2D eigenvalue weighted by Crippen LogP contribution is -2.51. The molecule has 0 saturated carbocycles. The maximum absolute atomic E-state index is 12.4. The van der Waals surface area contributed by atoms with E-state index in [4.69, 9.17) is 0 Å². The molecule has 1 saturated heterocycles. The first-order valence-corrected chi connectivity index (χ1v) is 9.66. The first-order chi connectivity index (χ1) is 10.8. The molecule has 1 aliphatic heterocycles. The number of hydrogen-bond donors (Lipinski definition) is 0. The zero-order valence-corrected chi connectivity index (χ0v) is 15.1. The number of hydrogen-bond acceptors (Lipinski definition) is 4. The summed E-state index contributed by atoms with van der Waals surface area (Å²) in [7, 11) is -3.59. The SMILES string of the molecule is CS(=O)(=O)N(CC(=O)N1CCN(C=O)CC1)c1cccc(Br)c1. The summed E-state index contributed by atoms with van der Waals surface area (Å²) in [5.41, 5.74) is 0.432. The second-order valence-electron chi connectivity index (χ2n) is 5.27. The summed E-state index contributed by atoms with van der Waals surface area (Å²) >= 11 is 3.30. The van der Waals surface area contributed by atoms with Crippen molar-refractivity contribution in [3.8, 4) is 0 Å². The Hall–Kier alpha value is -1.61. The van der Waals surface area contributed by atoms with E-state index >= 15 is 0 Å². The summed E-state index contributed by atoms with van der Waals surface area (Å²) in [4.78, 5) is 26.3. The van der Waals surface area contributed by atoms with Gasteiger partial charge in [-0.15, -0.1) is 0 Å². The molecule has 0 spiro atoms. The zero-order chi connectivity index (χ0) is 17.0. The van der Waals surface area contributed by atoms with Gasteiger partial charge in [0.1, 0.15) is 6.54 Å². The van der Waals surface area contributed by atoms with Gasteiger partial charge in [-0.25, -0.2) is 8.42 Å². The second kappa shape index (κ2) is 7.31. The summed E-state index contributed by atoms with van der Waals surface area (Å²) in [6.07, 6.45) is 1.83. The van der Waals surface area contributed by atoms with E-state index in [1.807, 2.05) is 0 Å². The molecule has 0 radical (unpaired) electrons. The molecule has 0 atom stereocenters. The fraction of sp³-hybridized carbons (Fsp3) is 0.429. The number of halogens is 1. The minimum atomic E-state index is -3.59. The molecule has 0 bridgehead atoms. The summed E-state index contributed by atoms with van der Waals surface area (Å²) in [5, 5.41) is 0. The van der Waals surface area contributed by atoms with Crippen LogP contribution in [-0.2, 0) is 19.6 Å². The Morgan fingerprint density at radius 3 is 2.48 bits per heavy atom. The monoisotopic (exact) mass is 403 g/mol. The summed E-state index contributed by atoms with van der Waals surface area (Å²) in [5.74, 6) is -0.277. The highest BCUT2D eigenvalue weighted by Crippen LogP contribution is 2.22. The molecule has 1 aromatic rings. The number of carbonyl (C=O) groups excluding carboxylic acids is 2. The number of amides is 2. The van der Waals surface area contributed by atoms with Crippen molar-refractivity contribution in [1.82, 2.24) is 9.80 Å². The van der Waals surface area contributed by atoms with E-state index in [0.29, 0.717) is 31.9 Å². The highest BCUT2D eigenvalue weighted by Gasteiger charge is 2.26. The van der Waals surface area contributed by atoms with Crippen molar-refractivity contribution in [2.75, 3.05) is 43.3 Å². The zero-order valence-electron chi connectivity index (χ0n) is 12.7. The van der Waals surface area contributed by atoms with Crippen LogP contribution in [0.1, 0.15) is 0 Å². The van der Waals surface area contributed by atoms with Crippen molar-refractivity contribution in [3.63, 3.8) is 0 Å². The van der Waals surface area contributed by atoms with Gasteiger partial charge < -0.3 is 9.80 Å². The smallest absolute Gasteiger partial charge is 0.243 e. The van der Waals surface area contributed by atoms with Crippen molar-refractivity contribution in [2.45, 2.75) is 0 Å². The molecular formula is C14H18BrN3O4S. The largest absolute Gasteiger partial charge is 0.342 e. The van der Waals surface area contributed by atoms with Gasteiger partial charge in [0.05, 0.1) is 11.9 Å². The number of benzene rings is 1. The topological polar surface area (TPSA) is 78.0 Å². The molecule has 126 valence electrons. The van der Waals surface area contributed by atoms with Crippen LogP contribution in [-0.4, -0.2) is 69.5 Å². The Morgan fingerprint density at radius 2 is 1.96 bits per heavy atom. The molecule has 2 rings (SSSR count). The lowest BCUT2D eigenvalue weighted by molar-refractivity contribution is -0.133. The molecule has 1 fully saturated rings. The number of rotatable bonds is 5. The minimum absolute atomic E-state index is 0.254. The molecule has 2 amide bonds. The fourth-order valence-electron chi connectivity index (χ4n) is 2.33. The molecule has 0 aliphatic carbocycles. The number of carbonyl (C=O) groups is 2. The average Bonchev–Trinajstić information content (AvgIpc) is 2.51. The highest BCUT2D eigenvalue weighted by atomic mass is 79.9. The first kappa shape index (κ1) is 17.7. The van der Waals surface area contributed by atoms with Crippen molar-refractivity contribution >= 4 is 44.0 Å². The number of piperazine rings is 1. The predicted octanol–water partition coefficient (Wildman–Crippen LogP) is 0.516. The Kier molecular flexibility index (Phi) is 5.64. The van der Waals surface area contributed by atoms with Crippen molar-refractivity contribution in [1.29, 1.82) is 0 Å². The number of nitrogens with zero attached hydrogens (tertiary/aromatic N) is 3. The maximum atomic E-state index is 12.4. The molecule has 9 heteroatoms. The van der Waals surface area contributed by atoms with Gasteiger partial charge in [-0.3, -0.25) is 13.9 Å². The van der Waals surface area contributed by atoms with Crippen LogP contribution < -0.4 is 4.31 Å².